The number of carboxylic acid groups (broad SMARTS) is 1. The van der Waals surface area contributed by atoms with Gasteiger partial charge in [0.25, 0.3) is 5.92 Å². The van der Waals surface area contributed by atoms with Gasteiger partial charge in [0.05, 0.1) is 6.61 Å². The number of benzene rings is 1. The Bertz CT molecular complexity index is 1000. The van der Waals surface area contributed by atoms with Gasteiger partial charge in [0.2, 0.25) is 0 Å². The van der Waals surface area contributed by atoms with Crippen molar-refractivity contribution in [2.75, 3.05) is 13.2 Å². The van der Waals surface area contributed by atoms with Crippen LogP contribution >= 0.6 is 27.3 Å². The maximum absolute atomic E-state index is 14.7. The van der Waals surface area contributed by atoms with E-state index in [-0.39, 0.29) is 42.5 Å². The second-order valence-electron chi connectivity index (χ2n) is 7.78. The molecule has 11 heteroatoms. The quantitative estimate of drug-likeness (QED) is 0.413. The number of cyclic esters (lactones) is 1. The van der Waals surface area contributed by atoms with Gasteiger partial charge in [0.1, 0.15) is 16.8 Å². The Morgan fingerprint density at radius 3 is 2.79 bits per heavy atom. The number of aromatic carboxylic acids is 1. The van der Waals surface area contributed by atoms with Crippen molar-refractivity contribution in [3.63, 3.8) is 0 Å². The molecule has 0 unspecified atom stereocenters. The minimum absolute atomic E-state index is 0.163. The zero-order chi connectivity index (χ0) is 24.2. The zero-order valence-electron chi connectivity index (χ0n) is 17.5. The van der Waals surface area contributed by atoms with E-state index in [0.29, 0.717) is 28.6 Å². The lowest BCUT2D eigenvalue weighted by atomic mass is 9.96. The monoisotopic (exact) mass is 549 g/mol. The Morgan fingerprint density at radius 1 is 1.36 bits per heavy atom. The number of alkyl halides is 2. The second-order valence-corrected chi connectivity index (χ2v) is 9.83. The smallest absolute Gasteiger partial charge is 0.410 e. The summed E-state index contributed by atoms with van der Waals surface area (Å²) in [5, 5.41) is 19.2. The van der Waals surface area contributed by atoms with Crippen LogP contribution in [0.2, 0.25) is 0 Å². The summed E-state index contributed by atoms with van der Waals surface area (Å²) >= 11 is 3.99. The first kappa shape index (κ1) is 25.5. The van der Waals surface area contributed by atoms with Crippen LogP contribution in [-0.4, -0.2) is 52.5 Å². The molecule has 0 spiro atoms. The SMILES string of the molecule is O=C(O)c1sc(CCCN2C(=O)OCC[C@@H]2CC[C@@H](O)C(F)(F)c2cccc(Br)c2)cc1F. The molecule has 1 aromatic carbocycles. The number of amides is 1. The molecular weight excluding hydrogens is 527 g/mol. The number of ether oxygens (including phenoxy) is 1. The van der Waals surface area contributed by atoms with Gasteiger partial charge in [-0.15, -0.1) is 11.3 Å². The summed E-state index contributed by atoms with van der Waals surface area (Å²) in [5.74, 6) is -5.57. The van der Waals surface area contributed by atoms with Crippen LogP contribution in [-0.2, 0) is 17.1 Å². The summed E-state index contributed by atoms with van der Waals surface area (Å²) in [6.07, 6.45) is -1.32. The maximum atomic E-state index is 14.7. The predicted molar refractivity (Wildman–Crippen MR) is 119 cm³/mol. The van der Waals surface area contributed by atoms with Gasteiger partial charge in [0, 0.05) is 33.9 Å². The van der Waals surface area contributed by atoms with Crippen LogP contribution in [0.15, 0.2) is 34.8 Å². The van der Waals surface area contributed by atoms with Crippen molar-refractivity contribution in [2.45, 2.75) is 50.2 Å². The van der Waals surface area contributed by atoms with Gasteiger partial charge in [-0.3, -0.25) is 0 Å². The molecule has 0 saturated carbocycles. The van der Waals surface area contributed by atoms with Crippen molar-refractivity contribution < 1.29 is 37.7 Å². The molecule has 1 fully saturated rings. The van der Waals surface area contributed by atoms with Crippen LogP contribution in [0.1, 0.15) is 45.8 Å². The van der Waals surface area contributed by atoms with Crippen molar-refractivity contribution in [1.29, 1.82) is 0 Å². The third-order valence-corrected chi connectivity index (χ3v) is 7.16. The van der Waals surface area contributed by atoms with E-state index in [1.165, 1.54) is 29.2 Å². The molecule has 0 aliphatic carbocycles. The van der Waals surface area contributed by atoms with Crippen molar-refractivity contribution in [3.8, 4) is 0 Å². The lowest BCUT2D eigenvalue weighted by molar-refractivity contribution is -0.120. The minimum Gasteiger partial charge on any atom is -0.477 e. The Morgan fingerprint density at radius 2 is 2.12 bits per heavy atom. The van der Waals surface area contributed by atoms with Crippen LogP contribution in [0.5, 0.6) is 0 Å². The number of carbonyl (C=O) groups is 2. The number of nitrogens with zero attached hydrogens (tertiary/aromatic N) is 1. The Hall–Kier alpha value is -2.11. The Balaban J connectivity index is 1.57. The van der Waals surface area contributed by atoms with Crippen LogP contribution in [0.25, 0.3) is 0 Å². The third kappa shape index (κ3) is 6.27. The van der Waals surface area contributed by atoms with Crippen LogP contribution in [0.4, 0.5) is 18.0 Å². The highest BCUT2D eigenvalue weighted by molar-refractivity contribution is 9.10. The number of aliphatic hydroxyl groups is 1. The van der Waals surface area contributed by atoms with Gasteiger partial charge in [-0.1, -0.05) is 28.1 Å². The van der Waals surface area contributed by atoms with Crippen molar-refractivity contribution in [2.24, 2.45) is 0 Å². The molecule has 180 valence electrons. The van der Waals surface area contributed by atoms with E-state index in [0.717, 1.165) is 11.3 Å². The van der Waals surface area contributed by atoms with Crippen LogP contribution in [0, 0.1) is 5.82 Å². The summed E-state index contributed by atoms with van der Waals surface area (Å²) in [4.78, 5) is 24.8. The number of aryl methyl sites for hydroxylation is 1. The number of carboxylic acids is 1. The minimum atomic E-state index is -3.45. The molecule has 1 saturated heterocycles. The largest absolute Gasteiger partial charge is 0.477 e. The van der Waals surface area contributed by atoms with E-state index in [9.17, 15) is 27.9 Å². The first-order valence-electron chi connectivity index (χ1n) is 10.4. The van der Waals surface area contributed by atoms with Gasteiger partial charge in [-0.25, -0.2) is 14.0 Å². The molecule has 6 nitrogen and oxygen atoms in total. The molecule has 1 aliphatic rings. The van der Waals surface area contributed by atoms with E-state index in [1.807, 2.05) is 0 Å². The summed E-state index contributed by atoms with van der Waals surface area (Å²) in [7, 11) is 0. The average molecular weight is 550 g/mol. The van der Waals surface area contributed by atoms with E-state index in [4.69, 9.17) is 9.84 Å². The van der Waals surface area contributed by atoms with Crippen LogP contribution < -0.4 is 0 Å². The molecule has 1 amide bonds. The lowest BCUT2D eigenvalue weighted by Crippen LogP contribution is -2.47. The summed E-state index contributed by atoms with van der Waals surface area (Å²) in [5.41, 5.74) is -0.298. The third-order valence-electron chi connectivity index (χ3n) is 5.51. The predicted octanol–water partition coefficient (Wildman–Crippen LogP) is 5.42. The zero-order valence-corrected chi connectivity index (χ0v) is 19.9. The fourth-order valence-electron chi connectivity index (χ4n) is 3.77. The summed E-state index contributed by atoms with van der Waals surface area (Å²) in [6, 6.07) is 6.38. The highest BCUT2D eigenvalue weighted by Crippen LogP contribution is 2.36. The van der Waals surface area contributed by atoms with Gasteiger partial charge in [-0.2, -0.15) is 8.78 Å². The van der Waals surface area contributed by atoms with Gasteiger partial charge in [0.15, 0.2) is 0 Å². The van der Waals surface area contributed by atoms with E-state index < -0.39 is 29.9 Å². The topological polar surface area (TPSA) is 87.1 Å². The number of halogens is 4. The molecule has 2 heterocycles. The average Bonchev–Trinajstić information content (AvgIpc) is 3.14. The molecule has 1 aromatic heterocycles. The van der Waals surface area contributed by atoms with Crippen molar-refractivity contribution >= 4 is 39.3 Å². The Labute approximate surface area is 201 Å². The highest BCUT2D eigenvalue weighted by Gasteiger charge is 2.41. The molecule has 2 N–H and O–H groups in total. The number of hydrogen-bond donors (Lipinski definition) is 2. The summed E-state index contributed by atoms with van der Waals surface area (Å²) in [6.45, 7) is 0.403. The number of rotatable bonds is 10. The van der Waals surface area contributed by atoms with E-state index >= 15 is 0 Å². The number of aliphatic hydroxyl groups excluding tert-OH is 1. The summed E-state index contributed by atoms with van der Waals surface area (Å²) < 4.78 is 48.6. The van der Waals surface area contributed by atoms with E-state index in [2.05, 4.69) is 15.9 Å². The first-order chi connectivity index (χ1) is 15.6. The van der Waals surface area contributed by atoms with Gasteiger partial charge in [-0.05, 0) is 43.9 Å². The highest BCUT2D eigenvalue weighted by atomic mass is 79.9. The van der Waals surface area contributed by atoms with E-state index in [1.54, 1.807) is 6.07 Å². The number of thiophene rings is 1. The number of hydrogen-bond acceptors (Lipinski definition) is 5. The lowest BCUT2D eigenvalue weighted by Gasteiger charge is -2.36. The van der Waals surface area contributed by atoms with Gasteiger partial charge < -0.3 is 19.8 Å². The molecule has 3 rings (SSSR count). The molecule has 2 atom stereocenters. The maximum Gasteiger partial charge on any atom is 0.410 e. The normalized spacial score (nSPS) is 17.7. The van der Waals surface area contributed by atoms with Gasteiger partial charge >= 0.3 is 12.1 Å². The fraction of sp³-hybridized carbons (Fsp3) is 0.455. The number of carbonyl (C=O) groups excluding carboxylic acids is 1. The standard InChI is InChI=1S/C22H23BrF3NO5S/c23-14-4-1-3-13(11-14)22(25,26)18(28)7-6-15-8-10-32-21(31)27(15)9-2-5-16-12-17(24)19(33-16)20(29)30/h1,3-4,11-12,15,18,28H,2,5-10H2,(H,29,30)/t15-,18+/m0/s1. The van der Waals surface area contributed by atoms with Crippen LogP contribution in [0.3, 0.4) is 0 Å². The first-order valence-corrected chi connectivity index (χ1v) is 12.0. The molecule has 33 heavy (non-hydrogen) atoms. The molecule has 1 aliphatic heterocycles. The molecule has 0 bridgehead atoms. The Kier molecular flexibility index (Phi) is 8.41. The molecule has 2 aromatic rings. The van der Waals surface area contributed by atoms with Crippen molar-refractivity contribution in [3.05, 3.63) is 55.9 Å². The molecular formula is C22H23BrF3NO5S. The second kappa shape index (κ2) is 10.9. The fourth-order valence-corrected chi connectivity index (χ4v) is 5.09. The van der Waals surface area contributed by atoms with Crippen molar-refractivity contribution in [1.82, 2.24) is 4.90 Å². The molecule has 0 radical (unpaired) electrons.